The summed E-state index contributed by atoms with van der Waals surface area (Å²) in [5, 5.41) is 1.07. The number of H-pyrrole nitrogens is 1. The van der Waals surface area contributed by atoms with Gasteiger partial charge in [0.1, 0.15) is 5.69 Å². The van der Waals surface area contributed by atoms with Crippen molar-refractivity contribution in [2.75, 3.05) is 18.8 Å². The molecule has 0 unspecified atom stereocenters. The van der Waals surface area contributed by atoms with E-state index < -0.39 is 0 Å². The molecule has 1 aliphatic heterocycles. The maximum Gasteiger partial charge on any atom is 0.271 e. The number of aromatic amines is 1. The Morgan fingerprint density at radius 3 is 2.52 bits per heavy atom. The van der Waals surface area contributed by atoms with Gasteiger partial charge < -0.3 is 15.6 Å². The average molecular weight is 351 g/mol. The first-order valence-electron chi connectivity index (χ1n) is 8.66. The number of nitrogens with zero attached hydrogens (tertiary/aromatic N) is 1. The molecule has 0 spiro atoms. The first-order chi connectivity index (χ1) is 12.2. The van der Waals surface area contributed by atoms with Crippen molar-refractivity contribution in [3.05, 3.63) is 54.2 Å². The Kier molecular flexibility index (Phi) is 4.40. The minimum absolute atomic E-state index is 0.0907. The van der Waals surface area contributed by atoms with E-state index in [1.807, 2.05) is 47.4 Å². The molecule has 0 radical (unpaired) electrons. The van der Waals surface area contributed by atoms with E-state index in [1.165, 1.54) is 6.42 Å². The third-order valence-electron chi connectivity index (χ3n) is 4.65. The van der Waals surface area contributed by atoms with Crippen molar-refractivity contribution in [2.45, 2.75) is 29.1 Å². The van der Waals surface area contributed by atoms with Gasteiger partial charge in [0.2, 0.25) is 0 Å². The maximum absolute atomic E-state index is 13.1. The summed E-state index contributed by atoms with van der Waals surface area (Å²) in [7, 11) is 0. The van der Waals surface area contributed by atoms with Gasteiger partial charge in [0.05, 0.1) is 4.90 Å². The Hall–Kier alpha value is -2.40. The van der Waals surface area contributed by atoms with Crippen LogP contribution in [0.1, 0.15) is 29.8 Å². The topological polar surface area (TPSA) is 62.1 Å². The van der Waals surface area contributed by atoms with Crippen molar-refractivity contribution in [3.8, 4) is 0 Å². The van der Waals surface area contributed by atoms with Gasteiger partial charge in [-0.25, -0.2) is 0 Å². The van der Waals surface area contributed by atoms with Crippen molar-refractivity contribution in [1.29, 1.82) is 0 Å². The van der Waals surface area contributed by atoms with Gasteiger partial charge in [-0.05, 0) is 37.5 Å². The number of rotatable bonds is 3. The largest absolute Gasteiger partial charge is 0.398 e. The molecule has 3 N–H and O–H groups in total. The molecule has 2 heterocycles. The van der Waals surface area contributed by atoms with Gasteiger partial charge in [-0.3, -0.25) is 4.79 Å². The number of amides is 1. The molecule has 0 atom stereocenters. The summed E-state index contributed by atoms with van der Waals surface area (Å²) >= 11 is 1.57. The van der Waals surface area contributed by atoms with Crippen molar-refractivity contribution in [2.24, 2.45) is 0 Å². The summed E-state index contributed by atoms with van der Waals surface area (Å²) in [5.41, 5.74) is 8.52. The number of likely N-dealkylation sites (tertiary alicyclic amines) is 1. The Balaban J connectivity index is 1.78. The van der Waals surface area contributed by atoms with E-state index in [2.05, 4.69) is 11.1 Å². The number of nitrogens with one attached hydrogen (secondary N) is 1. The molecule has 1 fully saturated rings. The Morgan fingerprint density at radius 2 is 1.72 bits per heavy atom. The van der Waals surface area contributed by atoms with Crippen LogP contribution in [0.4, 0.5) is 5.69 Å². The zero-order valence-electron chi connectivity index (χ0n) is 14.0. The number of carbonyl (C=O) groups is 1. The smallest absolute Gasteiger partial charge is 0.271 e. The maximum atomic E-state index is 13.1. The van der Waals surface area contributed by atoms with Crippen LogP contribution in [0.2, 0.25) is 0 Å². The number of anilines is 1. The van der Waals surface area contributed by atoms with Gasteiger partial charge in [0.15, 0.2) is 0 Å². The predicted octanol–water partition coefficient (Wildman–Crippen LogP) is 4.53. The second-order valence-electron chi connectivity index (χ2n) is 6.37. The number of carbonyl (C=O) groups excluding carboxylic acids is 1. The molecular formula is C20H21N3OS. The molecule has 128 valence electrons. The van der Waals surface area contributed by atoms with E-state index in [4.69, 9.17) is 5.73 Å². The summed E-state index contributed by atoms with van der Waals surface area (Å²) in [4.78, 5) is 20.4. The van der Waals surface area contributed by atoms with Gasteiger partial charge in [-0.1, -0.05) is 42.1 Å². The quantitative estimate of drug-likeness (QED) is 0.682. The van der Waals surface area contributed by atoms with E-state index in [0.29, 0.717) is 5.69 Å². The highest BCUT2D eigenvalue weighted by Gasteiger charge is 2.24. The Labute approximate surface area is 151 Å². The van der Waals surface area contributed by atoms with Gasteiger partial charge in [-0.15, -0.1) is 0 Å². The molecule has 2 aromatic carbocycles. The normalized spacial score (nSPS) is 14.8. The van der Waals surface area contributed by atoms with Crippen molar-refractivity contribution < 1.29 is 4.79 Å². The molecule has 3 aromatic rings. The second kappa shape index (κ2) is 6.84. The van der Waals surface area contributed by atoms with Crippen molar-refractivity contribution in [1.82, 2.24) is 9.88 Å². The van der Waals surface area contributed by atoms with Crippen LogP contribution in [0.5, 0.6) is 0 Å². The van der Waals surface area contributed by atoms with Gasteiger partial charge in [0.25, 0.3) is 5.91 Å². The lowest BCUT2D eigenvalue weighted by atomic mass is 10.1. The van der Waals surface area contributed by atoms with E-state index in [1.54, 1.807) is 11.8 Å². The van der Waals surface area contributed by atoms with Crippen LogP contribution < -0.4 is 5.73 Å². The van der Waals surface area contributed by atoms with Crippen LogP contribution in [0, 0.1) is 0 Å². The number of nitrogen functional groups attached to an aromatic ring is 1. The van der Waals surface area contributed by atoms with Crippen LogP contribution in [-0.2, 0) is 0 Å². The van der Waals surface area contributed by atoms with Crippen LogP contribution in [0.25, 0.3) is 10.9 Å². The lowest BCUT2D eigenvalue weighted by Gasteiger charge is -2.26. The molecule has 0 saturated carbocycles. The third kappa shape index (κ3) is 3.12. The molecule has 4 nitrogen and oxygen atoms in total. The SMILES string of the molecule is Nc1ccccc1Sc1c(C(=O)N2CCCCC2)[nH]c2ccccc12. The molecule has 0 bridgehead atoms. The van der Waals surface area contributed by atoms with Crippen LogP contribution >= 0.6 is 11.8 Å². The molecule has 1 aliphatic rings. The number of aromatic nitrogens is 1. The van der Waals surface area contributed by atoms with Crippen molar-refractivity contribution in [3.63, 3.8) is 0 Å². The molecule has 1 saturated heterocycles. The van der Waals surface area contributed by atoms with Crippen LogP contribution in [0.3, 0.4) is 0 Å². The zero-order chi connectivity index (χ0) is 17.2. The summed E-state index contributed by atoms with van der Waals surface area (Å²) in [6, 6.07) is 15.8. The number of fused-ring (bicyclic) bond motifs is 1. The summed E-state index contributed by atoms with van der Waals surface area (Å²) in [6.45, 7) is 1.68. The van der Waals surface area contributed by atoms with Gasteiger partial charge in [-0.2, -0.15) is 0 Å². The number of benzene rings is 2. The summed E-state index contributed by atoms with van der Waals surface area (Å²) in [6.07, 6.45) is 3.37. The van der Waals surface area contributed by atoms with Crippen molar-refractivity contribution >= 4 is 34.3 Å². The molecule has 1 amide bonds. The Bertz CT molecular complexity index is 912. The van der Waals surface area contributed by atoms with Crippen LogP contribution in [-0.4, -0.2) is 28.9 Å². The second-order valence-corrected chi connectivity index (χ2v) is 7.42. The summed E-state index contributed by atoms with van der Waals surface area (Å²) in [5.74, 6) is 0.0907. The third-order valence-corrected chi connectivity index (χ3v) is 5.87. The molecule has 25 heavy (non-hydrogen) atoms. The number of hydrogen-bond acceptors (Lipinski definition) is 3. The number of piperidine rings is 1. The fraction of sp³-hybridized carbons (Fsp3) is 0.250. The van der Waals surface area contributed by atoms with E-state index in [-0.39, 0.29) is 5.91 Å². The molecular weight excluding hydrogens is 330 g/mol. The minimum atomic E-state index is 0.0907. The fourth-order valence-corrected chi connectivity index (χ4v) is 4.39. The van der Waals surface area contributed by atoms with Crippen LogP contribution in [0.15, 0.2) is 58.3 Å². The standard InChI is InChI=1S/C20H21N3OS/c21-15-9-3-5-11-17(15)25-19-14-8-2-4-10-16(14)22-18(19)20(24)23-12-6-1-7-13-23/h2-5,8-11,22H,1,6-7,12-13,21H2. The van der Waals surface area contributed by atoms with E-state index in [0.717, 1.165) is 52.3 Å². The molecule has 4 rings (SSSR count). The highest BCUT2D eigenvalue weighted by atomic mass is 32.2. The minimum Gasteiger partial charge on any atom is -0.398 e. The van der Waals surface area contributed by atoms with E-state index in [9.17, 15) is 4.79 Å². The lowest BCUT2D eigenvalue weighted by Crippen LogP contribution is -2.36. The lowest BCUT2D eigenvalue weighted by molar-refractivity contribution is 0.0716. The average Bonchev–Trinajstić information content (AvgIpc) is 3.02. The highest BCUT2D eigenvalue weighted by molar-refractivity contribution is 7.99. The number of nitrogens with two attached hydrogens (primary N) is 1. The molecule has 0 aliphatic carbocycles. The van der Waals surface area contributed by atoms with E-state index >= 15 is 0 Å². The fourth-order valence-electron chi connectivity index (χ4n) is 3.31. The molecule has 1 aromatic heterocycles. The first-order valence-corrected chi connectivity index (χ1v) is 9.48. The number of hydrogen-bond donors (Lipinski definition) is 2. The monoisotopic (exact) mass is 351 g/mol. The summed E-state index contributed by atoms with van der Waals surface area (Å²) < 4.78 is 0. The number of para-hydroxylation sites is 2. The zero-order valence-corrected chi connectivity index (χ0v) is 14.8. The molecule has 5 heteroatoms. The van der Waals surface area contributed by atoms with Gasteiger partial charge in [0, 0.05) is 34.6 Å². The Morgan fingerprint density at radius 1 is 1.00 bits per heavy atom. The van der Waals surface area contributed by atoms with Gasteiger partial charge >= 0.3 is 0 Å². The first kappa shape index (κ1) is 16.1. The predicted molar refractivity (Wildman–Crippen MR) is 103 cm³/mol. The highest BCUT2D eigenvalue weighted by Crippen LogP contribution is 2.39.